The van der Waals surface area contributed by atoms with Crippen molar-refractivity contribution in [2.45, 2.75) is 51.8 Å². The molecule has 2 atom stereocenters. The molecule has 0 fully saturated rings. The highest BCUT2D eigenvalue weighted by Gasteiger charge is 2.22. The molecule has 19 heavy (non-hydrogen) atoms. The zero-order valence-corrected chi connectivity index (χ0v) is 12.3. The topological polar surface area (TPSA) is 21.3 Å². The van der Waals surface area contributed by atoms with Gasteiger partial charge in [-0.15, -0.1) is 0 Å². The van der Waals surface area contributed by atoms with Crippen molar-refractivity contribution in [2.24, 2.45) is 0 Å². The van der Waals surface area contributed by atoms with E-state index in [0.29, 0.717) is 5.56 Å². The van der Waals surface area contributed by atoms with Crippen LogP contribution in [0.4, 0.5) is 8.78 Å². The average Bonchev–Trinajstić information content (AvgIpc) is 2.27. The molecule has 1 aromatic rings. The molecule has 0 aliphatic carbocycles. The summed E-state index contributed by atoms with van der Waals surface area (Å²) in [4.78, 5) is 0. The van der Waals surface area contributed by atoms with E-state index >= 15 is 0 Å². The first kappa shape index (κ1) is 16.1. The summed E-state index contributed by atoms with van der Waals surface area (Å²) in [6, 6.07) is 3.66. The zero-order chi connectivity index (χ0) is 14.6. The van der Waals surface area contributed by atoms with Crippen LogP contribution in [0.15, 0.2) is 18.2 Å². The molecule has 0 bridgehead atoms. The molecule has 0 aliphatic heterocycles. The molecule has 0 radical (unpaired) electrons. The highest BCUT2D eigenvalue weighted by Crippen LogP contribution is 2.21. The van der Waals surface area contributed by atoms with E-state index in [1.165, 1.54) is 12.1 Å². The Kier molecular flexibility index (Phi) is 5.44. The Hall–Kier alpha value is -1.00. The third-order valence-corrected chi connectivity index (χ3v) is 3.31. The third-order valence-electron chi connectivity index (χ3n) is 3.31. The quantitative estimate of drug-likeness (QED) is 0.849. The van der Waals surface area contributed by atoms with Crippen LogP contribution in [-0.4, -0.2) is 18.8 Å². The number of halogens is 2. The fourth-order valence-corrected chi connectivity index (χ4v) is 2.25. The lowest BCUT2D eigenvalue weighted by Crippen LogP contribution is -2.37. The summed E-state index contributed by atoms with van der Waals surface area (Å²) in [6.07, 6.45) is 0.802. The normalized spacial score (nSPS) is 15.3. The van der Waals surface area contributed by atoms with Crippen molar-refractivity contribution in [3.05, 3.63) is 35.4 Å². The lowest BCUT2D eigenvalue weighted by Gasteiger charge is -2.29. The molecule has 0 heterocycles. The molecule has 1 N–H and O–H groups in total. The van der Waals surface area contributed by atoms with Crippen molar-refractivity contribution in [3.63, 3.8) is 0 Å². The number of ether oxygens (including phenoxy) is 1. The van der Waals surface area contributed by atoms with Gasteiger partial charge in [0.05, 0.1) is 5.60 Å². The molecule has 0 amide bonds. The second-order valence-corrected chi connectivity index (χ2v) is 5.62. The van der Waals surface area contributed by atoms with Gasteiger partial charge >= 0.3 is 0 Å². The molecule has 108 valence electrons. The van der Waals surface area contributed by atoms with Gasteiger partial charge in [0, 0.05) is 30.8 Å². The van der Waals surface area contributed by atoms with E-state index in [1.54, 1.807) is 7.11 Å². The number of benzene rings is 1. The largest absolute Gasteiger partial charge is 0.379 e. The van der Waals surface area contributed by atoms with Crippen LogP contribution in [0.5, 0.6) is 0 Å². The molecule has 1 aromatic carbocycles. The van der Waals surface area contributed by atoms with Crippen LogP contribution in [-0.2, 0) is 4.74 Å². The van der Waals surface area contributed by atoms with E-state index < -0.39 is 11.6 Å². The van der Waals surface area contributed by atoms with Crippen LogP contribution < -0.4 is 5.32 Å². The van der Waals surface area contributed by atoms with Gasteiger partial charge in [-0.25, -0.2) is 8.78 Å². The molecule has 0 aliphatic rings. The van der Waals surface area contributed by atoms with Gasteiger partial charge in [-0.2, -0.15) is 0 Å². The molecule has 0 saturated carbocycles. The van der Waals surface area contributed by atoms with Gasteiger partial charge in [0.15, 0.2) is 0 Å². The summed E-state index contributed by atoms with van der Waals surface area (Å²) >= 11 is 0. The molecule has 2 unspecified atom stereocenters. The number of nitrogens with one attached hydrogen (secondary N) is 1. The zero-order valence-electron chi connectivity index (χ0n) is 12.3. The summed E-state index contributed by atoms with van der Waals surface area (Å²) in [5, 5.41) is 3.30. The summed E-state index contributed by atoms with van der Waals surface area (Å²) in [7, 11) is 1.68. The van der Waals surface area contributed by atoms with Crippen molar-refractivity contribution >= 4 is 0 Å². The summed E-state index contributed by atoms with van der Waals surface area (Å²) in [5.74, 6) is -1.07. The summed E-state index contributed by atoms with van der Waals surface area (Å²) < 4.78 is 31.9. The maximum Gasteiger partial charge on any atom is 0.130 e. The fraction of sp³-hybridized carbons (Fsp3) is 0.600. The first-order valence-corrected chi connectivity index (χ1v) is 6.51. The van der Waals surface area contributed by atoms with Crippen LogP contribution in [0, 0.1) is 11.6 Å². The molecule has 4 heteroatoms. The molecule has 0 saturated heterocycles. The van der Waals surface area contributed by atoms with E-state index in [9.17, 15) is 8.78 Å². The van der Waals surface area contributed by atoms with E-state index in [2.05, 4.69) is 5.32 Å². The first-order valence-electron chi connectivity index (χ1n) is 6.51. The van der Waals surface area contributed by atoms with Crippen molar-refractivity contribution in [1.82, 2.24) is 5.32 Å². The lowest BCUT2D eigenvalue weighted by atomic mass is 9.98. The van der Waals surface area contributed by atoms with Crippen molar-refractivity contribution in [2.75, 3.05) is 7.11 Å². The van der Waals surface area contributed by atoms with Crippen LogP contribution in [0.3, 0.4) is 0 Å². The number of methoxy groups -OCH3 is 1. The van der Waals surface area contributed by atoms with Gasteiger partial charge in [-0.1, -0.05) is 6.07 Å². The molecular formula is C15H23F2NO. The maximum atomic E-state index is 13.7. The minimum Gasteiger partial charge on any atom is -0.379 e. The van der Waals surface area contributed by atoms with E-state index in [-0.39, 0.29) is 17.7 Å². The minimum atomic E-state index is -0.554. The van der Waals surface area contributed by atoms with Crippen molar-refractivity contribution in [3.8, 4) is 0 Å². The van der Waals surface area contributed by atoms with Crippen molar-refractivity contribution in [1.29, 1.82) is 0 Å². The monoisotopic (exact) mass is 271 g/mol. The Bertz CT molecular complexity index is 421. The Balaban J connectivity index is 2.66. The lowest BCUT2D eigenvalue weighted by molar-refractivity contribution is 0.00780. The second kappa shape index (κ2) is 6.44. The van der Waals surface area contributed by atoms with Gasteiger partial charge in [-0.3, -0.25) is 0 Å². The minimum absolute atomic E-state index is 0.161. The molecule has 0 aromatic heterocycles. The van der Waals surface area contributed by atoms with Gasteiger partial charge < -0.3 is 10.1 Å². The standard InChI is InChI=1S/C15H23F2NO/c1-10(9-15(3,4)19-5)18-11(2)13-7-6-12(16)8-14(13)17/h6-8,10-11,18H,9H2,1-5H3. The SMILES string of the molecule is COC(C)(C)CC(C)NC(C)c1ccc(F)cc1F. The highest BCUT2D eigenvalue weighted by molar-refractivity contribution is 5.21. The van der Waals surface area contributed by atoms with Crippen LogP contribution in [0.2, 0.25) is 0 Å². The fourth-order valence-electron chi connectivity index (χ4n) is 2.25. The van der Waals surface area contributed by atoms with Gasteiger partial charge in [0.2, 0.25) is 0 Å². The number of hydrogen-bond acceptors (Lipinski definition) is 2. The first-order chi connectivity index (χ1) is 8.75. The number of hydrogen-bond donors (Lipinski definition) is 1. The van der Waals surface area contributed by atoms with Gasteiger partial charge in [0.1, 0.15) is 11.6 Å². The van der Waals surface area contributed by atoms with Crippen LogP contribution >= 0.6 is 0 Å². The smallest absolute Gasteiger partial charge is 0.130 e. The predicted octanol–water partition coefficient (Wildman–Crippen LogP) is 3.82. The molecule has 1 rings (SSSR count). The summed E-state index contributed by atoms with van der Waals surface area (Å²) in [6.45, 7) is 7.91. The predicted molar refractivity (Wildman–Crippen MR) is 73.1 cm³/mol. The van der Waals surface area contributed by atoms with Gasteiger partial charge in [-0.05, 0) is 40.2 Å². The van der Waals surface area contributed by atoms with E-state index in [0.717, 1.165) is 12.5 Å². The second-order valence-electron chi connectivity index (χ2n) is 5.62. The van der Waals surface area contributed by atoms with E-state index in [4.69, 9.17) is 4.74 Å². The van der Waals surface area contributed by atoms with Crippen LogP contribution in [0.25, 0.3) is 0 Å². The maximum absolute atomic E-state index is 13.7. The van der Waals surface area contributed by atoms with Crippen molar-refractivity contribution < 1.29 is 13.5 Å². The molecule has 0 spiro atoms. The molecular weight excluding hydrogens is 248 g/mol. The third kappa shape index (κ3) is 4.88. The Labute approximate surface area is 114 Å². The van der Waals surface area contributed by atoms with Crippen LogP contribution in [0.1, 0.15) is 45.7 Å². The number of rotatable bonds is 6. The highest BCUT2D eigenvalue weighted by atomic mass is 19.1. The molecule has 2 nitrogen and oxygen atoms in total. The van der Waals surface area contributed by atoms with Gasteiger partial charge in [0.25, 0.3) is 0 Å². The Morgan fingerprint density at radius 1 is 1.26 bits per heavy atom. The summed E-state index contributed by atoms with van der Waals surface area (Å²) in [5.41, 5.74) is 0.247. The Morgan fingerprint density at radius 3 is 2.42 bits per heavy atom. The Morgan fingerprint density at radius 2 is 1.89 bits per heavy atom. The average molecular weight is 271 g/mol. The van der Waals surface area contributed by atoms with E-state index in [1.807, 2.05) is 27.7 Å².